The Morgan fingerprint density at radius 3 is 2.50 bits per heavy atom. The number of hydrogen-bond donors (Lipinski definition) is 2. The maximum absolute atomic E-state index is 11.6. The third kappa shape index (κ3) is 4.00. The predicted molar refractivity (Wildman–Crippen MR) is 62.5 cm³/mol. The van der Waals surface area contributed by atoms with E-state index in [1.807, 2.05) is 30.3 Å². The van der Waals surface area contributed by atoms with Crippen LogP contribution in [0.2, 0.25) is 0 Å². The van der Waals surface area contributed by atoms with Gasteiger partial charge >= 0.3 is 5.97 Å². The van der Waals surface area contributed by atoms with Gasteiger partial charge in [-0.2, -0.15) is 0 Å². The van der Waals surface area contributed by atoms with E-state index in [-0.39, 0.29) is 18.4 Å². The first kappa shape index (κ1) is 12.7. The van der Waals surface area contributed by atoms with E-state index in [4.69, 9.17) is 16.2 Å². The molecule has 0 amide bonds. The van der Waals surface area contributed by atoms with Gasteiger partial charge in [-0.25, -0.2) is 0 Å². The van der Waals surface area contributed by atoms with Crippen LogP contribution in [-0.2, 0) is 16.1 Å². The van der Waals surface area contributed by atoms with Gasteiger partial charge in [0.05, 0.1) is 5.92 Å². The molecule has 1 atom stereocenters. The average Bonchev–Trinajstić information content (AvgIpc) is 2.34. The first-order valence-electron chi connectivity index (χ1n) is 5.38. The SMILES string of the molecule is NCCC(CN)C(=O)OCc1ccccc1. The fourth-order valence-corrected chi connectivity index (χ4v) is 1.38. The van der Waals surface area contributed by atoms with Gasteiger partial charge in [0.15, 0.2) is 0 Å². The van der Waals surface area contributed by atoms with Crippen molar-refractivity contribution < 1.29 is 9.53 Å². The van der Waals surface area contributed by atoms with E-state index in [1.54, 1.807) is 0 Å². The number of carbonyl (C=O) groups is 1. The summed E-state index contributed by atoms with van der Waals surface area (Å²) in [5, 5.41) is 0. The second-order valence-electron chi connectivity index (χ2n) is 3.60. The quantitative estimate of drug-likeness (QED) is 0.693. The molecule has 0 spiro atoms. The number of nitrogens with two attached hydrogens (primary N) is 2. The number of rotatable bonds is 6. The molecule has 0 fully saturated rings. The van der Waals surface area contributed by atoms with Crippen LogP contribution in [0.25, 0.3) is 0 Å². The van der Waals surface area contributed by atoms with Crippen LogP contribution in [0.3, 0.4) is 0 Å². The molecule has 0 radical (unpaired) electrons. The van der Waals surface area contributed by atoms with Crippen molar-refractivity contribution >= 4 is 5.97 Å². The van der Waals surface area contributed by atoms with Crippen LogP contribution in [-0.4, -0.2) is 19.1 Å². The Morgan fingerprint density at radius 1 is 1.25 bits per heavy atom. The number of benzene rings is 1. The van der Waals surface area contributed by atoms with Gasteiger partial charge in [0, 0.05) is 6.54 Å². The molecular weight excluding hydrogens is 204 g/mol. The molecular formula is C12H18N2O2. The molecule has 0 aliphatic carbocycles. The summed E-state index contributed by atoms with van der Waals surface area (Å²) in [6.07, 6.45) is 0.574. The van der Waals surface area contributed by atoms with Gasteiger partial charge in [0.25, 0.3) is 0 Å². The van der Waals surface area contributed by atoms with Crippen molar-refractivity contribution in [3.63, 3.8) is 0 Å². The highest BCUT2D eigenvalue weighted by molar-refractivity contribution is 5.72. The van der Waals surface area contributed by atoms with Crippen molar-refractivity contribution in [2.75, 3.05) is 13.1 Å². The average molecular weight is 222 g/mol. The second kappa shape index (κ2) is 6.98. The number of ether oxygens (including phenoxy) is 1. The van der Waals surface area contributed by atoms with Gasteiger partial charge in [-0.15, -0.1) is 0 Å². The first-order chi connectivity index (χ1) is 7.77. The van der Waals surface area contributed by atoms with E-state index in [9.17, 15) is 4.79 Å². The minimum Gasteiger partial charge on any atom is -0.461 e. The molecule has 0 saturated carbocycles. The molecule has 0 heterocycles. The Labute approximate surface area is 95.6 Å². The molecule has 0 aromatic heterocycles. The molecule has 1 aromatic carbocycles. The smallest absolute Gasteiger partial charge is 0.310 e. The Bertz CT molecular complexity index is 314. The van der Waals surface area contributed by atoms with Gasteiger partial charge in [0.2, 0.25) is 0 Å². The zero-order valence-corrected chi connectivity index (χ0v) is 9.26. The lowest BCUT2D eigenvalue weighted by molar-refractivity contribution is -0.149. The van der Waals surface area contributed by atoms with Gasteiger partial charge in [0.1, 0.15) is 6.61 Å². The van der Waals surface area contributed by atoms with Crippen molar-refractivity contribution in [2.45, 2.75) is 13.0 Å². The van der Waals surface area contributed by atoms with Crippen LogP contribution >= 0.6 is 0 Å². The van der Waals surface area contributed by atoms with Gasteiger partial charge in [-0.05, 0) is 18.5 Å². The normalized spacial score (nSPS) is 12.1. The largest absolute Gasteiger partial charge is 0.461 e. The molecule has 4 nitrogen and oxygen atoms in total. The van der Waals surface area contributed by atoms with Gasteiger partial charge in [-0.1, -0.05) is 30.3 Å². The van der Waals surface area contributed by atoms with Crippen LogP contribution < -0.4 is 11.5 Å². The molecule has 0 aliphatic rings. The summed E-state index contributed by atoms with van der Waals surface area (Å²) in [6.45, 7) is 1.02. The highest BCUT2D eigenvalue weighted by Crippen LogP contribution is 2.06. The summed E-state index contributed by atoms with van der Waals surface area (Å²) in [7, 11) is 0. The van der Waals surface area contributed by atoms with E-state index in [1.165, 1.54) is 0 Å². The zero-order chi connectivity index (χ0) is 11.8. The summed E-state index contributed by atoms with van der Waals surface area (Å²) in [5.41, 5.74) is 11.8. The maximum Gasteiger partial charge on any atom is 0.310 e. The fraction of sp³-hybridized carbons (Fsp3) is 0.417. The van der Waals surface area contributed by atoms with Crippen LogP contribution in [0, 0.1) is 5.92 Å². The monoisotopic (exact) mass is 222 g/mol. The second-order valence-corrected chi connectivity index (χ2v) is 3.60. The molecule has 4 heteroatoms. The van der Waals surface area contributed by atoms with Crippen molar-refractivity contribution in [3.8, 4) is 0 Å². The van der Waals surface area contributed by atoms with Crippen LogP contribution in [0.15, 0.2) is 30.3 Å². The molecule has 1 aromatic rings. The third-order valence-electron chi connectivity index (χ3n) is 2.36. The lowest BCUT2D eigenvalue weighted by atomic mass is 10.1. The van der Waals surface area contributed by atoms with E-state index < -0.39 is 0 Å². The lowest BCUT2D eigenvalue weighted by Gasteiger charge is -2.12. The standard InChI is InChI=1S/C12H18N2O2/c13-7-6-11(8-14)12(15)16-9-10-4-2-1-3-5-10/h1-5,11H,6-9,13-14H2. The fourth-order valence-electron chi connectivity index (χ4n) is 1.38. The predicted octanol–water partition coefficient (Wildman–Crippen LogP) is 0.654. The van der Waals surface area contributed by atoms with E-state index in [0.29, 0.717) is 19.6 Å². The van der Waals surface area contributed by atoms with Gasteiger partial charge in [-0.3, -0.25) is 4.79 Å². The van der Waals surface area contributed by atoms with E-state index >= 15 is 0 Å². The van der Waals surface area contributed by atoms with E-state index in [2.05, 4.69) is 0 Å². The van der Waals surface area contributed by atoms with Crippen LogP contribution in [0.5, 0.6) is 0 Å². The highest BCUT2D eigenvalue weighted by atomic mass is 16.5. The summed E-state index contributed by atoms with van der Waals surface area (Å²) >= 11 is 0. The molecule has 88 valence electrons. The zero-order valence-electron chi connectivity index (χ0n) is 9.26. The van der Waals surface area contributed by atoms with Crippen LogP contribution in [0.1, 0.15) is 12.0 Å². The minimum absolute atomic E-state index is 0.267. The first-order valence-corrected chi connectivity index (χ1v) is 5.38. The molecule has 4 N–H and O–H groups in total. The Kier molecular flexibility index (Phi) is 5.53. The summed E-state index contributed by atoms with van der Waals surface area (Å²) < 4.78 is 5.16. The molecule has 1 unspecified atom stereocenters. The molecule has 0 bridgehead atoms. The Balaban J connectivity index is 2.40. The Hall–Kier alpha value is -1.39. The molecule has 16 heavy (non-hydrogen) atoms. The molecule has 0 aliphatic heterocycles. The van der Waals surface area contributed by atoms with E-state index in [0.717, 1.165) is 5.56 Å². The van der Waals surface area contributed by atoms with Crippen LogP contribution in [0.4, 0.5) is 0 Å². The number of hydrogen-bond acceptors (Lipinski definition) is 4. The summed E-state index contributed by atoms with van der Waals surface area (Å²) in [5.74, 6) is -0.550. The van der Waals surface area contributed by atoms with Crippen molar-refractivity contribution in [1.82, 2.24) is 0 Å². The minimum atomic E-state index is -0.284. The molecule has 0 saturated heterocycles. The highest BCUT2D eigenvalue weighted by Gasteiger charge is 2.17. The van der Waals surface area contributed by atoms with Crippen molar-refractivity contribution in [2.24, 2.45) is 17.4 Å². The Morgan fingerprint density at radius 2 is 1.94 bits per heavy atom. The summed E-state index contributed by atoms with van der Waals surface area (Å²) in [6, 6.07) is 9.55. The topological polar surface area (TPSA) is 78.3 Å². The van der Waals surface area contributed by atoms with Crippen molar-refractivity contribution in [3.05, 3.63) is 35.9 Å². The van der Waals surface area contributed by atoms with Gasteiger partial charge < -0.3 is 16.2 Å². The summed E-state index contributed by atoms with van der Waals surface area (Å²) in [4.78, 5) is 11.6. The number of carbonyl (C=O) groups excluding carboxylic acids is 1. The maximum atomic E-state index is 11.6. The lowest BCUT2D eigenvalue weighted by Crippen LogP contribution is -2.27. The number of esters is 1. The van der Waals surface area contributed by atoms with Crippen molar-refractivity contribution in [1.29, 1.82) is 0 Å². The molecule has 1 rings (SSSR count). The third-order valence-corrected chi connectivity index (χ3v) is 2.36.